The SMILES string of the molecule is O=C(Cn1nnc(-c2ccc(Cl)cc2)n1)N1CCCc2ccccc21. The number of rotatable bonds is 3. The predicted molar refractivity (Wildman–Crippen MR) is 95.4 cm³/mol. The lowest BCUT2D eigenvalue weighted by Crippen LogP contribution is -2.38. The first-order valence-corrected chi connectivity index (χ1v) is 8.50. The summed E-state index contributed by atoms with van der Waals surface area (Å²) in [6, 6.07) is 15.2. The lowest BCUT2D eigenvalue weighted by atomic mass is 10.0. The molecule has 25 heavy (non-hydrogen) atoms. The molecule has 2 aromatic carbocycles. The number of anilines is 1. The smallest absolute Gasteiger partial charge is 0.250 e. The third-order valence-electron chi connectivity index (χ3n) is 4.24. The standard InChI is InChI=1S/C18H16ClN5O/c19-15-9-7-14(8-10-15)18-20-22-24(21-18)12-17(25)23-11-3-5-13-4-1-2-6-16(13)23/h1-2,4,6-10H,3,5,11-12H2. The number of carbonyl (C=O) groups is 1. The Morgan fingerprint density at radius 2 is 1.92 bits per heavy atom. The van der Waals surface area contributed by atoms with E-state index >= 15 is 0 Å². The number of fused-ring (bicyclic) bond motifs is 1. The van der Waals surface area contributed by atoms with Gasteiger partial charge in [-0.1, -0.05) is 29.8 Å². The van der Waals surface area contributed by atoms with Gasteiger partial charge in [-0.05, 0) is 54.0 Å². The summed E-state index contributed by atoms with van der Waals surface area (Å²) in [7, 11) is 0. The fraction of sp³-hybridized carbons (Fsp3) is 0.222. The van der Waals surface area contributed by atoms with Crippen LogP contribution in [0.15, 0.2) is 48.5 Å². The highest BCUT2D eigenvalue weighted by molar-refractivity contribution is 6.30. The summed E-state index contributed by atoms with van der Waals surface area (Å²) in [6.45, 7) is 0.781. The normalized spacial score (nSPS) is 13.6. The van der Waals surface area contributed by atoms with Gasteiger partial charge < -0.3 is 4.90 Å². The van der Waals surface area contributed by atoms with Crippen molar-refractivity contribution in [3.8, 4) is 11.4 Å². The molecule has 0 atom stereocenters. The van der Waals surface area contributed by atoms with Crippen molar-refractivity contribution in [3.05, 3.63) is 59.1 Å². The van der Waals surface area contributed by atoms with Gasteiger partial charge in [-0.2, -0.15) is 4.80 Å². The molecule has 0 bridgehead atoms. The Hall–Kier alpha value is -2.73. The zero-order valence-electron chi connectivity index (χ0n) is 13.5. The number of hydrogen-bond donors (Lipinski definition) is 0. The quantitative estimate of drug-likeness (QED) is 0.726. The fourth-order valence-electron chi connectivity index (χ4n) is 3.02. The van der Waals surface area contributed by atoms with E-state index in [9.17, 15) is 4.79 Å². The van der Waals surface area contributed by atoms with Crippen molar-refractivity contribution < 1.29 is 4.79 Å². The van der Waals surface area contributed by atoms with Gasteiger partial charge in [-0.25, -0.2) is 0 Å². The minimum absolute atomic E-state index is 0.0350. The lowest BCUT2D eigenvalue weighted by molar-refractivity contribution is -0.119. The molecule has 2 heterocycles. The second kappa shape index (κ2) is 6.64. The maximum atomic E-state index is 12.7. The zero-order valence-corrected chi connectivity index (χ0v) is 14.2. The molecule has 0 saturated heterocycles. The average molecular weight is 354 g/mol. The predicted octanol–water partition coefficient (Wildman–Crippen LogP) is 2.97. The van der Waals surface area contributed by atoms with E-state index in [-0.39, 0.29) is 12.5 Å². The summed E-state index contributed by atoms with van der Waals surface area (Å²) in [4.78, 5) is 15.8. The Kier molecular flexibility index (Phi) is 4.19. The summed E-state index contributed by atoms with van der Waals surface area (Å²) in [5.41, 5.74) is 3.00. The molecule has 0 fully saturated rings. The molecule has 7 heteroatoms. The van der Waals surface area contributed by atoms with Crippen LogP contribution in [-0.4, -0.2) is 32.7 Å². The highest BCUT2D eigenvalue weighted by Gasteiger charge is 2.23. The molecule has 0 unspecified atom stereocenters. The van der Waals surface area contributed by atoms with Crippen LogP contribution < -0.4 is 4.90 Å². The topological polar surface area (TPSA) is 63.9 Å². The molecule has 1 aromatic heterocycles. The van der Waals surface area contributed by atoms with Gasteiger partial charge in [0, 0.05) is 22.8 Å². The van der Waals surface area contributed by atoms with Crippen LogP contribution in [0.4, 0.5) is 5.69 Å². The van der Waals surface area contributed by atoms with Gasteiger partial charge in [0.15, 0.2) is 0 Å². The van der Waals surface area contributed by atoms with Crippen molar-refractivity contribution >= 4 is 23.2 Å². The van der Waals surface area contributed by atoms with Crippen LogP contribution in [0.1, 0.15) is 12.0 Å². The molecule has 0 saturated carbocycles. The largest absolute Gasteiger partial charge is 0.310 e. The number of aromatic nitrogens is 4. The van der Waals surface area contributed by atoms with Crippen LogP contribution in [-0.2, 0) is 17.8 Å². The highest BCUT2D eigenvalue weighted by atomic mass is 35.5. The van der Waals surface area contributed by atoms with E-state index in [1.54, 1.807) is 12.1 Å². The second-order valence-electron chi connectivity index (χ2n) is 5.93. The first-order valence-electron chi connectivity index (χ1n) is 8.13. The van der Waals surface area contributed by atoms with Crippen LogP contribution >= 0.6 is 11.6 Å². The van der Waals surface area contributed by atoms with Crippen LogP contribution in [0.3, 0.4) is 0 Å². The fourth-order valence-corrected chi connectivity index (χ4v) is 3.15. The maximum absolute atomic E-state index is 12.7. The number of nitrogens with zero attached hydrogens (tertiary/aromatic N) is 5. The maximum Gasteiger partial charge on any atom is 0.250 e. The summed E-state index contributed by atoms with van der Waals surface area (Å²) >= 11 is 5.89. The summed E-state index contributed by atoms with van der Waals surface area (Å²) in [6.07, 6.45) is 1.96. The average Bonchev–Trinajstić information content (AvgIpc) is 3.10. The Bertz CT molecular complexity index is 906. The van der Waals surface area contributed by atoms with Gasteiger partial charge in [-0.15, -0.1) is 10.2 Å². The minimum Gasteiger partial charge on any atom is -0.310 e. The van der Waals surface area contributed by atoms with Crippen molar-refractivity contribution in [1.82, 2.24) is 20.2 Å². The lowest BCUT2D eigenvalue weighted by Gasteiger charge is -2.29. The third kappa shape index (κ3) is 3.25. The van der Waals surface area contributed by atoms with E-state index in [0.29, 0.717) is 17.4 Å². The molecule has 0 spiro atoms. The van der Waals surface area contributed by atoms with Crippen molar-refractivity contribution in [2.24, 2.45) is 0 Å². The van der Waals surface area contributed by atoms with E-state index < -0.39 is 0 Å². The molecule has 1 aliphatic heterocycles. The molecule has 0 radical (unpaired) electrons. The van der Waals surface area contributed by atoms with E-state index in [1.165, 1.54) is 10.4 Å². The second-order valence-corrected chi connectivity index (χ2v) is 6.36. The number of aryl methyl sites for hydroxylation is 1. The minimum atomic E-state index is -0.0350. The van der Waals surface area contributed by atoms with Gasteiger partial charge in [0.1, 0.15) is 6.54 Å². The van der Waals surface area contributed by atoms with E-state index in [4.69, 9.17) is 11.6 Å². The number of benzene rings is 2. The van der Waals surface area contributed by atoms with Crippen LogP contribution in [0.25, 0.3) is 11.4 Å². The molecule has 3 aromatic rings. The zero-order chi connectivity index (χ0) is 17.2. The van der Waals surface area contributed by atoms with Crippen LogP contribution in [0, 0.1) is 0 Å². The summed E-state index contributed by atoms with van der Waals surface area (Å²) in [5, 5.41) is 13.0. The van der Waals surface area contributed by atoms with E-state index in [1.807, 2.05) is 35.2 Å². The van der Waals surface area contributed by atoms with Crippen molar-refractivity contribution in [2.45, 2.75) is 19.4 Å². The number of tetrazole rings is 1. The number of halogens is 1. The molecular weight excluding hydrogens is 338 g/mol. The van der Waals surface area contributed by atoms with Crippen molar-refractivity contribution in [1.29, 1.82) is 0 Å². The van der Waals surface area contributed by atoms with Crippen molar-refractivity contribution in [2.75, 3.05) is 11.4 Å². The number of para-hydroxylation sites is 1. The Morgan fingerprint density at radius 1 is 1.12 bits per heavy atom. The monoisotopic (exact) mass is 353 g/mol. The molecule has 4 rings (SSSR count). The van der Waals surface area contributed by atoms with Gasteiger partial charge in [-0.3, -0.25) is 4.79 Å². The van der Waals surface area contributed by atoms with Gasteiger partial charge in [0.2, 0.25) is 5.82 Å². The molecule has 0 aliphatic carbocycles. The highest BCUT2D eigenvalue weighted by Crippen LogP contribution is 2.26. The summed E-state index contributed by atoms with van der Waals surface area (Å²) in [5.74, 6) is 0.440. The number of carbonyl (C=O) groups excluding carboxylic acids is 1. The van der Waals surface area contributed by atoms with Gasteiger partial charge >= 0.3 is 0 Å². The molecule has 1 amide bonds. The molecule has 6 nitrogen and oxygen atoms in total. The molecule has 0 N–H and O–H groups in total. The van der Waals surface area contributed by atoms with Gasteiger partial charge in [0.05, 0.1) is 0 Å². The van der Waals surface area contributed by atoms with Crippen molar-refractivity contribution in [3.63, 3.8) is 0 Å². The number of amides is 1. The van der Waals surface area contributed by atoms with Crippen LogP contribution in [0.5, 0.6) is 0 Å². The molecule has 1 aliphatic rings. The Labute approximate surface area is 150 Å². The van der Waals surface area contributed by atoms with Gasteiger partial charge in [0.25, 0.3) is 5.91 Å². The van der Waals surface area contributed by atoms with E-state index in [2.05, 4.69) is 21.5 Å². The number of hydrogen-bond acceptors (Lipinski definition) is 4. The summed E-state index contributed by atoms with van der Waals surface area (Å²) < 4.78 is 0. The van der Waals surface area contributed by atoms with E-state index in [0.717, 1.165) is 24.1 Å². The first kappa shape index (κ1) is 15.8. The Morgan fingerprint density at radius 3 is 2.76 bits per heavy atom. The third-order valence-corrected chi connectivity index (χ3v) is 4.50. The molecular formula is C18H16ClN5O. The Balaban J connectivity index is 1.52. The first-order chi connectivity index (χ1) is 12.2. The molecule has 126 valence electrons. The van der Waals surface area contributed by atoms with Crippen LogP contribution in [0.2, 0.25) is 5.02 Å².